The molecule has 1 unspecified atom stereocenters. The average Bonchev–Trinajstić information content (AvgIpc) is 2.82. The molecule has 0 saturated heterocycles. The molecular formula is C14H15BrClNO. The van der Waals surface area contributed by atoms with Crippen LogP contribution in [0.3, 0.4) is 0 Å². The van der Waals surface area contributed by atoms with Crippen LogP contribution in [0, 0.1) is 0 Å². The maximum atomic E-state index is 6.10. The lowest BCUT2D eigenvalue weighted by atomic mass is 10.0. The van der Waals surface area contributed by atoms with Gasteiger partial charge in [0.05, 0.1) is 12.3 Å². The molecule has 0 saturated carbocycles. The van der Waals surface area contributed by atoms with Crippen LogP contribution in [0.5, 0.6) is 0 Å². The van der Waals surface area contributed by atoms with E-state index in [-0.39, 0.29) is 6.04 Å². The van der Waals surface area contributed by atoms with Crippen molar-refractivity contribution in [1.82, 2.24) is 5.32 Å². The van der Waals surface area contributed by atoms with Crippen molar-refractivity contribution < 1.29 is 4.42 Å². The third-order valence-electron chi connectivity index (χ3n) is 2.64. The smallest absolute Gasteiger partial charge is 0.125 e. The third kappa shape index (κ3) is 3.37. The van der Waals surface area contributed by atoms with E-state index < -0.39 is 0 Å². The van der Waals surface area contributed by atoms with E-state index in [2.05, 4.69) is 34.2 Å². The molecule has 0 fully saturated rings. The van der Waals surface area contributed by atoms with Gasteiger partial charge in [0.1, 0.15) is 5.76 Å². The van der Waals surface area contributed by atoms with Crippen molar-refractivity contribution in [3.05, 3.63) is 57.4 Å². The normalized spacial score (nSPS) is 12.6. The van der Waals surface area contributed by atoms with Crippen molar-refractivity contribution in [3.63, 3.8) is 0 Å². The molecule has 1 N–H and O–H groups in total. The monoisotopic (exact) mass is 327 g/mol. The molecule has 96 valence electrons. The van der Waals surface area contributed by atoms with Crippen LogP contribution in [-0.4, -0.2) is 6.54 Å². The fourth-order valence-corrected chi connectivity index (χ4v) is 2.76. The van der Waals surface area contributed by atoms with Crippen molar-refractivity contribution >= 4 is 27.5 Å². The second-order valence-electron chi connectivity index (χ2n) is 4.11. The summed E-state index contributed by atoms with van der Waals surface area (Å²) in [6.45, 7) is 3.07. The minimum absolute atomic E-state index is 0.0370. The number of nitrogens with one attached hydrogen (secondary N) is 1. The highest BCUT2D eigenvalue weighted by Crippen LogP contribution is 2.28. The van der Waals surface area contributed by atoms with E-state index in [1.807, 2.05) is 24.3 Å². The lowest BCUT2D eigenvalue weighted by molar-refractivity contribution is 0.446. The highest BCUT2D eigenvalue weighted by molar-refractivity contribution is 9.10. The van der Waals surface area contributed by atoms with E-state index in [1.54, 1.807) is 6.26 Å². The highest BCUT2D eigenvalue weighted by atomic mass is 79.9. The summed E-state index contributed by atoms with van der Waals surface area (Å²) in [4.78, 5) is 0. The van der Waals surface area contributed by atoms with Crippen molar-refractivity contribution in [1.29, 1.82) is 0 Å². The van der Waals surface area contributed by atoms with Crippen LogP contribution >= 0.6 is 27.5 Å². The van der Waals surface area contributed by atoms with Gasteiger partial charge in [0.2, 0.25) is 0 Å². The molecule has 0 amide bonds. The third-order valence-corrected chi connectivity index (χ3v) is 3.32. The molecule has 1 heterocycles. The molecule has 0 radical (unpaired) electrons. The van der Waals surface area contributed by atoms with Crippen LogP contribution in [0.4, 0.5) is 0 Å². The van der Waals surface area contributed by atoms with E-state index in [1.165, 1.54) is 0 Å². The van der Waals surface area contributed by atoms with E-state index in [0.29, 0.717) is 5.02 Å². The fourth-order valence-electron chi connectivity index (χ4n) is 1.87. The zero-order valence-corrected chi connectivity index (χ0v) is 12.5. The molecule has 4 heteroatoms. The second-order valence-corrected chi connectivity index (χ2v) is 5.46. The fraction of sp³-hybridized carbons (Fsp3) is 0.286. The van der Waals surface area contributed by atoms with Gasteiger partial charge in [-0.05, 0) is 48.9 Å². The van der Waals surface area contributed by atoms with Gasteiger partial charge in [-0.3, -0.25) is 0 Å². The molecule has 0 aliphatic heterocycles. The van der Waals surface area contributed by atoms with Crippen LogP contribution in [0.1, 0.15) is 30.7 Å². The molecule has 2 aromatic rings. The van der Waals surface area contributed by atoms with Gasteiger partial charge >= 0.3 is 0 Å². The zero-order chi connectivity index (χ0) is 13.0. The van der Waals surface area contributed by atoms with Gasteiger partial charge in [0.25, 0.3) is 0 Å². The summed E-state index contributed by atoms with van der Waals surface area (Å²) in [7, 11) is 0. The molecule has 0 spiro atoms. The van der Waals surface area contributed by atoms with Gasteiger partial charge in [0.15, 0.2) is 0 Å². The minimum Gasteiger partial charge on any atom is -0.467 e. The Hall–Kier alpha value is -0.770. The van der Waals surface area contributed by atoms with Gasteiger partial charge in [-0.25, -0.2) is 0 Å². The number of benzene rings is 1. The first-order valence-electron chi connectivity index (χ1n) is 5.93. The van der Waals surface area contributed by atoms with Crippen molar-refractivity contribution in [2.75, 3.05) is 6.54 Å². The first kappa shape index (κ1) is 13.7. The molecule has 0 aliphatic carbocycles. The summed E-state index contributed by atoms with van der Waals surface area (Å²) in [6.07, 6.45) is 2.76. The number of halogens is 2. The Balaban J connectivity index is 2.33. The summed E-state index contributed by atoms with van der Waals surface area (Å²) in [5.41, 5.74) is 1.10. The Bertz CT molecular complexity index is 478. The van der Waals surface area contributed by atoms with Crippen LogP contribution in [0.15, 0.2) is 45.5 Å². The molecule has 1 aromatic carbocycles. The molecule has 1 aromatic heterocycles. The molecule has 1 atom stereocenters. The Labute approximate surface area is 120 Å². The number of rotatable bonds is 5. The van der Waals surface area contributed by atoms with E-state index >= 15 is 0 Å². The zero-order valence-electron chi connectivity index (χ0n) is 10.1. The van der Waals surface area contributed by atoms with E-state index in [0.717, 1.165) is 28.8 Å². The van der Waals surface area contributed by atoms with Gasteiger partial charge in [-0.2, -0.15) is 0 Å². The van der Waals surface area contributed by atoms with Crippen molar-refractivity contribution in [3.8, 4) is 0 Å². The highest BCUT2D eigenvalue weighted by Gasteiger charge is 2.16. The Morgan fingerprint density at radius 3 is 2.83 bits per heavy atom. The van der Waals surface area contributed by atoms with Gasteiger partial charge in [-0.1, -0.05) is 34.5 Å². The topological polar surface area (TPSA) is 25.2 Å². The maximum Gasteiger partial charge on any atom is 0.125 e. The lowest BCUT2D eigenvalue weighted by Gasteiger charge is -2.17. The van der Waals surface area contributed by atoms with Crippen molar-refractivity contribution in [2.24, 2.45) is 0 Å². The predicted molar refractivity (Wildman–Crippen MR) is 78.0 cm³/mol. The molecule has 2 nitrogen and oxygen atoms in total. The summed E-state index contributed by atoms with van der Waals surface area (Å²) in [5, 5.41) is 4.19. The van der Waals surface area contributed by atoms with Gasteiger partial charge in [-0.15, -0.1) is 0 Å². The average molecular weight is 329 g/mol. The second kappa shape index (κ2) is 6.41. The maximum absolute atomic E-state index is 6.10. The lowest BCUT2D eigenvalue weighted by Crippen LogP contribution is -2.22. The Kier molecular flexibility index (Phi) is 4.87. The van der Waals surface area contributed by atoms with Crippen LogP contribution in [0.2, 0.25) is 5.02 Å². The van der Waals surface area contributed by atoms with Crippen LogP contribution < -0.4 is 5.32 Å². The summed E-state index contributed by atoms with van der Waals surface area (Å²) >= 11 is 9.57. The summed E-state index contributed by atoms with van der Waals surface area (Å²) < 4.78 is 6.48. The largest absolute Gasteiger partial charge is 0.467 e. The minimum atomic E-state index is 0.0370. The first-order chi connectivity index (χ1) is 8.70. The van der Waals surface area contributed by atoms with Crippen molar-refractivity contribution in [2.45, 2.75) is 19.4 Å². The van der Waals surface area contributed by atoms with E-state index in [4.69, 9.17) is 16.0 Å². The standard InChI is InChI=1S/C14H15BrClNO/c1-2-5-17-14(13-4-3-6-18-13)10-7-11(15)9-12(16)8-10/h3-4,6-9,14,17H,2,5H2,1H3. The molecular weight excluding hydrogens is 314 g/mol. The number of furan rings is 1. The first-order valence-corrected chi connectivity index (χ1v) is 7.10. The van der Waals surface area contributed by atoms with Gasteiger partial charge in [0, 0.05) is 9.50 Å². The summed E-state index contributed by atoms with van der Waals surface area (Å²) in [6, 6.07) is 9.81. The number of hydrogen-bond donors (Lipinski definition) is 1. The quantitative estimate of drug-likeness (QED) is 0.854. The Morgan fingerprint density at radius 2 is 2.22 bits per heavy atom. The van der Waals surface area contributed by atoms with Crippen LogP contribution in [0.25, 0.3) is 0 Å². The number of hydrogen-bond acceptors (Lipinski definition) is 2. The van der Waals surface area contributed by atoms with Crippen LogP contribution in [-0.2, 0) is 0 Å². The molecule has 2 rings (SSSR count). The molecule has 0 aliphatic rings. The predicted octanol–water partition coefficient (Wildman–Crippen LogP) is 4.78. The summed E-state index contributed by atoms with van der Waals surface area (Å²) in [5.74, 6) is 0.901. The van der Waals surface area contributed by atoms with Gasteiger partial charge < -0.3 is 9.73 Å². The molecule has 18 heavy (non-hydrogen) atoms. The van der Waals surface area contributed by atoms with E-state index in [9.17, 15) is 0 Å². The Morgan fingerprint density at radius 1 is 1.39 bits per heavy atom. The SMILES string of the molecule is CCCNC(c1cc(Cl)cc(Br)c1)c1ccco1. The molecule has 0 bridgehead atoms.